The first kappa shape index (κ1) is 39.7. The second-order valence-corrected chi connectivity index (χ2v) is 17.9. The van der Waals surface area contributed by atoms with Gasteiger partial charge in [0.1, 0.15) is 11.6 Å². The van der Waals surface area contributed by atoms with Gasteiger partial charge in [-0.3, -0.25) is 0 Å². The van der Waals surface area contributed by atoms with E-state index < -0.39 is 42.8 Å². The molecular weight excluding hydrogens is 703 g/mol. The summed E-state index contributed by atoms with van der Waals surface area (Å²) in [5, 5.41) is 6.90. The highest BCUT2D eigenvalue weighted by atomic mass is 32.2. The van der Waals surface area contributed by atoms with Crippen molar-refractivity contribution >= 4 is 20.0 Å². The summed E-state index contributed by atoms with van der Waals surface area (Å²) in [4.78, 5) is 0. The third kappa shape index (κ3) is 9.15. The van der Waals surface area contributed by atoms with Crippen LogP contribution in [0.25, 0.3) is 0 Å². The van der Waals surface area contributed by atoms with Crippen LogP contribution < -0.4 is 20.1 Å². The van der Waals surface area contributed by atoms with Crippen molar-refractivity contribution < 1.29 is 25.6 Å². The smallest absolute Gasteiger partial charge is 0.209 e. The minimum absolute atomic E-state index is 0.00498. The number of hydrogen-bond acceptors (Lipinski definition) is 6. The summed E-state index contributed by atoms with van der Waals surface area (Å²) in [6.07, 6.45) is 5.92. The highest BCUT2D eigenvalue weighted by Crippen LogP contribution is 2.40. The van der Waals surface area contributed by atoms with Gasteiger partial charge in [0, 0.05) is 12.1 Å². The van der Waals surface area contributed by atoms with Gasteiger partial charge in [0.25, 0.3) is 0 Å². The largest absolute Gasteiger partial charge is 0.311 e. The van der Waals surface area contributed by atoms with E-state index in [0.717, 1.165) is 78.4 Å². The van der Waals surface area contributed by atoms with Gasteiger partial charge in [0.15, 0.2) is 0 Å². The van der Waals surface area contributed by atoms with Crippen molar-refractivity contribution in [1.29, 1.82) is 0 Å². The third-order valence-electron chi connectivity index (χ3n) is 9.81. The van der Waals surface area contributed by atoms with Crippen molar-refractivity contribution in [3.05, 3.63) is 141 Å². The minimum atomic E-state index is -3.61. The summed E-state index contributed by atoms with van der Waals surface area (Å²) in [5.41, 5.74) is 5.74. The van der Waals surface area contributed by atoms with E-state index in [1.807, 2.05) is 0 Å². The lowest BCUT2D eigenvalue weighted by molar-refractivity contribution is 0.351. The summed E-state index contributed by atoms with van der Waals surface area (Å²) in [7, 11) is -7.07. The monoisotopic (exact) mass is 752 g/mol. The van der Waals surface area contributed by atoms with E-state index >= 15 is 0 Å². The molecule has 2 fully saturated rings. The number of hydrogen-bond donors (Lipinski definition) is 4. The molecule has 0 aliphatic carbocycles. The molecule has 12 heteroatoms. The molecule has 52 heavy (non-hydrogen) atoms. The molecule has 0 amide bonds. The molecule has 0 radical (unpaired) electrons. The standard InChI is InChI=1S/C22H30N2O2S.C18H20F2N2O2S/c1-15-9-16(2)12-19(11-15)22(24-27(5,25)26,21-7-6-8-23-21)20-13-17(3)10-18(4)14-20;1-25(23,24)22-18(17-3-2-12-21-17,13-4-8-15(19)9-5-13)14-6-10-16(20)11-7-14/h9-14,21,23-24H,6-8H2,1-5H3;4-11,17,21-22H,2-3,12H2,1H3/t21-;17-/m00/s1. The summed E-state index contributed by atoms with van der Waals surface area (Å²) in [6, 6.07) is 23.9. The van der Waals surface area contributed by atoms with E-state index in [2.05, 4.69) is 84.2 Å². The molecule has 4 N–H and O–H groups in total. The molecule has 4 aromatic rings. The van der Waals surface area contributed by atoms with Crippen molar-refractivity contribution in [2.24, 2.45) is 0 Å². The van der Waals surface area contributed by atoms with Crippen LogP contribution in [0.5, 0.6) is 0 Å². The lowest BCUT2D eigenvalue weighted by Crippen LogP contribution is -2.57. The molecule has 2 heterocycles. The molecule has 0 bridgehead atoms. The SMILES string of the molecule is CS(=O)(=O)NC(c1ccc(F)cc1)(c1ccc(F)cc1)[C@@H]1CCCN1.Cc1cc(C)cc(C(NS(C)(=O)=O)(c2cc(C)cc(C)c2)[C@@H]2CCCN2)c1. The lowest BCUT2D eigenvalue weighted by atomic mass is 9.75. The van der Waals surface area contributed by atoms with Crippen LogP contribution in [0.1, 0.15) is 70.2 Å². The summed E-state index contributed by atoms with van der Waals surface area (Å²) >= 11 is 0. The Morgan fingerprint density at radius 1 is 0.538 bits per heavy atom. The molecule has 280 valence electrons. The minimum Gasteiger partial charge on any atom is -0.311 e. The van der Waals surface area contributed by atoms with Crippen LogP contribution in [-0.4, -0.2) is 54.5 Å². The highest BCUT2D eigenvalue weighted by Gasteiger charge is 2.47. The zero-order valence-electron chi connectivity index (χ0n) is 30.7. The van der Waals surface area contributed by atoms with Crippen molar-refractivity contribution in [2.75, 3.05) is 25.6 Å². The average molecular weight is 753 g/mol. The van der Waals surface area contributed by atoms with Crippen molar-refractivity contribution in [3.63, 3.8) is 0 Å². The molecule has 2 aliphatic rings. The molecule has 0 aromatic heterocycles. The number of halogens is 2. The van der Waals surface area contributed by atoms with E-state index in [-0.39, 0.29) is 12.1 Å². The second-order valence-electron chi connectivity index (χ2n) is 14.4. The maximum atomic E-state index is 13.4. The van der Waals surface area contributed by atoms with Crippen LogP contribution >= 0.6 is 0 Å². The van der Waals surface area contributed by atoms with E-state index in [9.17, 15) is 25.6 Å². The van der Waals surface area contributed by atoms with Gasteiger partial charge < -0.3 is 10.6 Å². The quantitative estimate of drug-likeness (QED) is 0.159. The van der Waals surface area contributed by atoms with Gasteiger partial charge in [-0.2, -0.15) is 9.44 Å². The van der Waals surface area contributed by atoms with Gasteiger partial charge in [0.2, 0.25) is 20.0 Å². The van der Waals surface area contributed by atoms with E-state index in [1.54, 1.807) is 24.3 Å². The number of aryl methyl sites for hydroxylation is 4. The molecule has 8 nitrogen and oxygen atoms in total. The fourth-order valence-corrected chi connectivity index (χ4v) is 9.97. The van der Waals surface area contributed by atoms with Crippen molar-refractivity contribution in [1.82, 2.24) is 20.1 Å². The molecule has 0 unspecified atom stereocenters. The summed E-state index contributed by atoms with van der Waals surface area (Å²) < 4.78 is 82.2. The van der Waals surface area contributed by atoms with Crippen molar-refractivity contribution in [2.45, 2.75) is 76.5 Å². The van der Waals surface area contributed by atoms with E-state index in [4.69, 9.17) is 0 Å². The first-order chi connectivity index (χ1) is 24.4. The lowest BCUT2D eigenvalue weighted by Gasteiger charge is -2.41. The van der Waals surface area contributed by atoms with Crippen molar-refractivity contribution in [3.8, 4) is 0 Å². The fourth-order valence-electron chi connectivity index (χ4n) is 8.04. The Bertz CT molecular complexity index is 1940. The zero-order chi connectivity index (χ0) is 37.9. The zero-order valence-corrected chi connectivity index (χ0v) is 32.3. The molecule has 6 rings (SSSR count). The maximum Gasteiger partial charge on any atom is 0.209 e. The Morgan fingerprint density at radius 3 is 1.12 bits per heavy atom. The molecule has 2 aliphatic heterocycles. The molecular formula is C40H50F2N4O4S2. The number of nitrogens with one attached hydrogen (secondary N) is 4. The van der Waals surface area contributed by atoms with Gasteiger partial charge >= 0.3 is 0 Å². The Kier molecular flexibility index (Phi) is 12.1. The number of sulfonamides is 2. The Hall–Kier alpha value is -3.52. The Labute approximate surface area is 307 Å². The van der Waals surface area contributed by atoms with Gasteiger partial charge in [-0.15, -0.1) is 0 Å². The topological polar surface area (TPSA) is 116 Å². The molecule has 0 saturated carbocycles. The van der Waals surface area contributed by atoms with Gasteiger partial charge in [-0.25, -0.2) is 25.6 Å². The van der Waals surface area contributed by atoms with Gasteiger partial charge in [0.05, 0.1) is 23.6 Å². The second kappa shape index (κ2) is 15.8. The number of benzene rings is 4. The summed E-state index contributed by atoms with van der Waals surface area (Å²) in [5.74, 6) is -0.814. The number of rotatable bonds is 10. The molecule has 0 spiro atoms. The molecule has 2 saturated heterocycles. The third-order valence-corrected chi connectivity index (χ3v) is 11.2. The van der Waals surface area contributed by atoms with E-state index in [1.165, 1.54) is 30.5 Å². The highest BCUT2D eigenvalue weighted by molar-refractivity contribution is 7.89. The Balaban J connectivity index is 0.000000202. The molecule has 4 aromatic carbocycles. The van der Waals surface area contributed by atoms with Crippen LogP contribution in [-0.2, 0) is 31.1 Å². The Morgan fingerprint density at radius 2 is 0.846 bits per heavy atom. The van der Waals surface area contributed by atoms with E-state index in [0.29, 0.717) is 11.1 Å². The fraction of sp³-hybridized carbons (Fsp3) is 0.400. The maximum absolute atomic E-state index is 13.4. The van der Waals surface area contributed by atoms with Crippen LogP contribution in [0.4, 0.5) is 8.78 Å². The van der Waals surface area contributed by atoms with Crippen LogP contribution in [0.2, 0.25) is 0 Å². The predicted octanol–water partition coefficient (Wildman–Crippen LogP) is 5.97. The van der Waals surface area contributed by atoms with Gasteiger partial charge in [-0.1, -0.05) is 82.9 Å². The molecule has 2 atom stereocenters. The predicted molar refractivity (Wildman–Crippen MR) is 204 cm³/mol. The van der Waals surface area contributed by atoms with Crippen LogP contribution in [0.3, 0.4) is 0 Å². The summed E-state index contributed by atoms with van der Waals surface area (Å²) in [6.45, 7) is 9.89. The van der Waals surface area contributed by atoms with Gasteiger partial charge in [-0.05, 0) is 113 Å². The first-order valence-electron chi connectivity index (χ1n) is 17.6. The van der Waals surface area contributed by atoms with Crippen LogP contribution in [0.15, 0.2) is 84.9 Å². The normalized spacial score (nSPS) is 18.2. The average Bonchev–Trinajstić information content (AvgIpc) is 3.78. The van der Waals surface area contributed by atoms with Crippen LogP contribution in [0, 0.1) is 39.3 Å². The first-order valence-corrected chi connectivity index (χ1v) is 21.3.